The van der Waals surface area contributed by atoms with E-state index in [1.165, 1.54) is 10.5 Å². The van der Waals surface area contributed by atoms with Crippen molar-refractivity contribution in [3.8, 4) is 0 Å². The quantitative estimate of drug-likeness (QED) is 0.454. The molecule has 0 saturated carbocycles. The zero-order valence-electron chi connectivity index (χ0n) is 19.9. The minimum Gasteiger partial charge on any atom is -0.336 e. The molecule has 2 aliphatic rings. The van der Waals surface area contributed by atoms with Crippen LogP contribution in [0.5, 0.6) is 0 Å². The molecule has 3 aromatic carbocycles. The Kier molecular flexibility index (Phi) is 7.30. The topological polar surface area (TPSA) is 60.9 Å². The van der Waals surface area contributed by atoms with Crippen LogP contribution >= 0.6 is 11.8 Å². The lowest BCUT2D eigenvalue weighted by Gasteiger charge is -2.34. The number of benzene rings is 3. The number of imide groups is 1. The van der Waals surface area contributed by atoms with Gasteiger partial charge in [-0.05, 0) is 46.7 Å². The molecule has 0 spiro atoms. The van der Waals surface area contributed by atoms with Crippen LogP contribution in [0.3, 0.4) is 0 Å². The molecule has 0 atom stereocenters. The minimum absolute atomic E-state index is 0.0177. The number of hydrogen-bond acceptors (Lipinski definition) is 5. The molecule has 0 unspecified atom stereocenters. The zero-order valence-corrected chi connectivity index (χ0v) is 20.7. The van der Waals surface area contributed by atoms with Crippen molar-refractivity contribution < 1.29 is 14.4 Å². The molecule has 36 heavy (non-hydrogen) atoms. The Morgan fingerprint density at radius 2 is 1.33 bits per heavy atom. The fourth-order valence-corrected chi connectivity index (χ4v) is 5.25. The second-order valence-corrected chi connectivity index (χ2v) is 9.92. The number of nitrogens with zero attached hydrogens (tertiary/aromatic N) is 3. The van der Waals surface area contributed by atoms with Gasteiger partial charge in [-0.1, -0.05) is 72.8 Å². The summed E-state index contributed by atoms with van der Waals surface area (Å²) in [5, 5.41) is -0.270. The van der Waals surface area contributed by atoms with Crippen LogP contribution in [0.1, 0.15) is 27.0 Å². The molecule has 3 aromatic rings. The molecule has 2 heterocycles. The Balaban J connectivity index is 1.18. The number of carbonyl (C=O) groups is 3. The first-order valence-electron chi connectivity index (χ1n) is 12.0. The van der Waals surface area contributed by atoms with Crippen LogP contribution in [0.15, 0.2) is 89.8 Å². The maximum Gasteiger partial charge on any atom is 0.293 e. The van der Waals surface area contributed by atoms with E-state index in [1.807, 2.05) is 53.4 Å². The summed E-state index contributed by atoms with van der Waals surface area (Å²) >= 11 is 0.948. The van der Waals surface area contributed by atoms with Crippen molar-refractivity contribution in [1.82, 2.24) is 14.7 Å². The zero-order chi connectivity index (χ0) is 24.9. The van der Waals surface area contributed by atoms with E-state index in [2.05, 4.69) is 29.2 Å². The average molecular weight is 498 g/mol. The van der Waals surface area contributed by atoms with Gasteiger partial charge in [-0.25, -0.2) is 0 Å². The predicted octanol–water partition coefficient (Wildman–Crippen LogP) is 4.88. The maximum atomic E-state index is 13.0. The van der Waals surface area contributed by atoms with Crippen molar-refractivity contribution >= 4 is 34.9 Å². The number of amides is 3. The monoisotopic (exact) mass is 497 g/mol. The van der Waals surface area contributed by atoms with Gasteiger partial charge in [-0.15, -0.1) is 0 Å². The van der Waals surface area contributed by atoms with Crippen LogP contribution in [-0.4, -0.2) is 57.9 Å². The van der Waals surface area contributed by atoms with Crippen LogP contribution in [0.25, 0.3) is 6.08 Å². The highest BCUT2D eigenvalue weighted by atomic mass is 32.2. The van der Waals surface area contributed by atoms with E-state index in [1.54, 1.807) is 18.2 Å². The number of carbonyl (C=O) groups excluding carboxylic acids is 3. The normalized spacial score (nSPS) is 17.7. The second kappa shape index (κ2) is 10.9. The molecule has 0 radical (unpaired) electrons. The van der Waals surface area contributed by atoms with E-state index in [-0.39, 0.29) is 23.6 Å². The van der Waals surface area contributed by atoms with Crippen molar-refractivity contribution in [2.75, 3.05) is 26.2 Å². The fraction of sp³-hybridized carbons (Fsp3) is 0.207. The molecule has 5 rings (SSSR count). The predicted molar refractivity (Wildman–Crippen MR) is 142 cm³/mol. The van der Waals surface area contributed by atoms with Gasteiger partial charge in [0.15, 0.2) is 0 Å². The van der Waals surface area contributed by atoms with Gasteiger partial charge < -0.3 is 4.90 Å². The van der Waals surface area contributed by atoms with Gasteiger partial charge in [-0.3, -0.25) is 24.2 Å². The van der Waals surface area contributed by atoms with E-state index in [0.717, 1.165) is 42.5 Å². The van der Waals surface area contributed by atoms with E-state index in [0.29, 0.717) is 23.6 Å². The molecule has 3 amide bonds. The molecule has 2 fully saturated rings. The highest BCUT2D eigenvalue weighted by Gasteiger charge is 2.35. The van der Waals surface area contributed by atoms with Gasteiger partial charge in [0.2, 0.25) is 0 Å². The summed E-state index contributed by atoms with van der Waals surface area (Å²) in [5.74, 6) is -0.272. The summed E-state index contributed by atoms with van der Waals surface area (Å²) < 4.78 is 0. The Morgan fingerprint density at radius 1 is 0.750 bits per heavy atom. The molecule has 2 aliphatic heterocycles. The number of piperazine rings is 1. The standard InChI is InChI=1S/C29H27N3O3S/c33-27(31-17-15-30(16-18-31)20-23-7-3-1-4-8-23)25-13-11-22(12-14-25)19-26-28(34)32(29(35)36-26)21-24-9-5-2-6-10-24/h1-14,19H,15-18,20-21H2. The molecule has 0 bridgehead atoms. The molecule has 182 valence electrons. The molecule has 2 saturated heterocycles. The van der Waals surface area contributed by atoms with Crippen LogP contribution in [-0.2, 0) is 17.9 Å². The molecular formula is C29H27N3O3S. The minimum atomic E-state index is -0.289. The summed E-state index contributed by atoms with van der Waals surface area (Å²) in [6, 6.07) is 27.1. The van der Waals surface area contributed by atoms with E-state index in [4.69, 9.17) is 0 Å². The summed E-state index contributed by atoms with van der Waals surface area (Å²) in [6.07, 6.45) is 1.71. The van der Waals surface area contributed by atoms with Gasteiger partial charge in [0.1, 0.15) is 0 Å². The Labute approximate surface area is 215 Å². The van der Waals surface area contributed by atoms with Crippen LogP contribution < -0.4 is 0 Å². The van der Waals surface area contributed by atoms with Gasteiger partial charge in [0, 0.05) is 38.3 Å². The summed E-state index contributed by atoms with van der Waals surface area (Å²) in [6.45, 7) is 4.24. The third-order valence-corrected chi connectivity index (χ3v) is 7.33. The first-order chi connectivity index (χ1) is 17.6. The molecule has 6 nitrogen and oxygen atoms in total. The lowest BCUT2D eigenvalue weighted by molar-refractivity contribution is -0.123. The lowest BCUT2D eigenvalue weighted by atomic mass is 10.1. The van der Waals surface area contributed by atoms with Crippen molar-refractivity contribution in [2.45, 2.75) is 13.1 Å². The average Bonchev–Trinajstić information content (AvgIpc) is 3.17. The second-order valence-electron chi connectivity index (χ2n) is 8.93. The SMILES string of the molecule is O=C(c1ccc(C=C2SC(=O)N(Cc3ccccc3)C2=O)cc1)N1CCN(Cc2ccccc2)CC1. The maximum absolute atomic E-state index is 13.0. The van der Waals surface area contributed by atoms with Gasteiger partial charge in [-0.2, -0.15) is 0 Å². The Morgan fingerprint density at radius 3 is 1.94 bits per heavy atom. The van der Waals surface area contributed by atoms with Crippen LogP contribution in [0, 0.1) is 0 Å². The van der Waals surface area contributed by atoms with E-state index in [9.17, 15) is 14.4 Å². The van der Waals surface area contributed by atoms with Gasteiger partial charge in [0.05, 0.1) is 11.4 Å². The van der Waals surface area contributed by atoms with Gasteiger partial charge in [0.25, 0.3) is 17.1 Å². The largest absolute Gasteiger partial charge is 0.336 e. The molecule has 0 aromatic heterocycles. The lowest BCUT2D eigenvalue weighted by Crippen LogP contribution is -2.48. The molecule has 0 aliphatic carbocycles. The third-order valence-electron chi connectivity index (χ3n) is 6.42. The van der Waals surface area contributed by atoms with Gasteiger partial charge >= 0.3 is 0 Å². The molecule has 0 N–H and O–H groups in total. The Hall–Kier alpha value is -3.68. The molecule has 7 heteroatoms. The molecular weight excluding hydrogens is 470 g/mol. The Bertz CT molecular complexity index is 1270. The summed E-state index contributed by atoms with van der Waals surface area (Å²) in [7, 11) is 0. The first kappa shape index (κ1) is 24.0. The highest BCUT2D eigenvalue weighted by molar-refractivity contribution is 8.18. The summed E-state index contributed by atoms with van der Waals surface area (Å²) in [4.78, 5) is 44.1. The van der Waals surface area contributed by atoms with Crippen LogP contribution in [0.2, 0.25) is 0 Å². The highest BCUT2D eigenvalue weighted by Crippen LogP contribution is 2.33. The van der Waals surface area contributed by atoms with Crippen molar-refractivity contribution in [3.63, 3.8) is 0 Å². The number of rotatable bonds is 6. The van der Waals surface area contributed by atoms with Crippen molar-refractivity contribution in [1.29, 1.82) is 0 Å². The van der Waals surface area contributed by atoms with Crippen molar-refractivity contribution in [2.24, 2.45) is 0 Å². The number of hydrogen-bond donors (Lipinski definition) is 0. The van der Waals surface area contributed by atoms with E-state index < -0.39 is 0 Å². The number of thioether (sulfide) groups is 1. The smallest absolute Gasteiger partial charge is 0.293 e. The van der Waals surface area contributed by atoms with Crippen molar-refractivity contribution in [3.05, 3.63) is 112 Å². The fourth-order valence-electron chi connectivity index (χ4n) is 4.41. The van der Waals surface area contributed by atoms with E-state index >= 15 is 0 Å². The van der Waals surface area contributed by atoms with Crippen LogP contribution in [0.4, 0.5) is 4.79 Å². The first-order valence-corrected chi connectivity index (χ1v) is 12.8. The summed E-state index contributed by atoms with van der Waals surface area (Å²) in [5.41, 5.74) is 3.60. The third kappa shape index (κ3) is 5.58.